The number of carbonyl (C=O) groups is 1. The van der Waals surface area contributed by atoms with E-state index in [1.807, 2.05) is 0 Å². The Hall–Kier alpha value is -3.62. The van der Waals surface area contributed by atoms with Gasteiger partial charge in [-0.1, -0.05) is 0 Å². The average Bonchev–Trinajstić information content (AvgIpc) is 2.65. The average molecular weight is 356 g/mol. The van der Waals surface area contributed by atoms with Crippen LogP contribution in [0.4, 0.5) is 5.69 Å². The summed E-state index contributed by atoms with van der Waals surface area (Å²) in [6, 6.07) is 6.32. The summed E-state index contributed by atoms with van der Waals surface area (Å²) >= 11 is 0. The Labute approximate surface area is 147 Å². The minimum Gasteiger partial charge on any atom is -0.493 e. The highest BCUT2D eigenvalue weighted by Gasteiger charge is 2.13. The van der Waals surface area contributed by atoms with Crippen LogP contribution in [0.1, 0.15) is 10.4 Å². The van der Waals surface area contributed by atoms with Gasteiger partial charge in [-0.25, -0.2) is 9.78 Å². The molecule has 0 unspecified atom stereocenters. The summed E-state index contributed by atoms with van der Waals surface area (Å²) in [6.07, 6.45) is 1.30. The van der Waals surface area contributed by atoms with Gasteiger partial charge in [0.25, 0.3) is 11.5 Å². The van der Waals surface area contributed by atoms with Crippen LogP contribution in [0.15, 0.2) is 40.1 Å². The van der Waals surface area contributed by atoms with Gasteiger partial charge in [0.15, 0.2) is 11.5 Å². The minimum atomic E-state index is -0.601. The van der Waals surface area contributed by atoms with E-state index in [4.69, 9.17) is 9.47 Å². The largest absolute Gasteiger partial charge is 0.493 e. The van der Waals surface area contributed by atoms with E-state index in [0.717, 1.165) is 0 Å². The number of pyridine rings is 1. The van der Waals surface area contributed by atoms with E-state index in [1.165, 1.54) is 38.1 Å². The zero-order chi connectivity index (χ0) is 18.8. The molecule has 0 fully saturated rings. The standard InChI is InChI=1S/C17H16N4O5/c1-21-14-11(16(23)20-17(21)24)6-9(8-18-14)15(22)19-10-4-5-12(25-2)13(7-10)26-3/h4-8H,1-3H3,(H,19,22)(H,20,23,24). The molecule has 0 aliphatic rings. The minimum absolute atomic E-state index is 0.145. The lowest BCUT2D eigenvalue weighted by atomic mass is 10.2. The van der Waals surface area contributed by atoms with Crippen molar-refractivity contribution < 1.29 is 14.3 Å². The maximum Gasteiger partial charge on any atom is 0.329 e. The number of anilines is 1. The van der Waals surface area contributed by atoms with Crippen LogP contribution in [-0.4, -0.2) is 34.7 Å². The van der Waals surface area contributed by atoms with Crippen LogP contribution in [0.3, 0.4) is 0 Å². The normalized spacial score (nSPS) is 10.6. The smallest absolute Gasteiger partial charge is 0.329 e. The van der Waals surface area contributed by atoms with E-state index in [0.29, 0.717) is 17.2 Å². The summed E-state index contributed by atoms with van der Waals surface area (Å²) < 4.78 is 11.5. The van der Waals surface area contributed by atoms with Crippen LogP contribution in [0, 0.1) is 0 Å². The molecular weight excluding hydrogens is 340 g/mol. The summed E-state index contributed by atoms with van der Waals surface area (Å²) in [5.74, 6) is 0.540. The quantitative estimate of drug-likeness (QED) is 0.717. The Morgan fingerprint density at radius 1 is 1.15 bits per heavy atom. The number of methoxy groups -OCH3 is 2. The fourth-order valence-electron chi connectivity index (χ4n) is 2.48. The van der Waals surface area contributed by atoms with Crippen LogP contribution in [-0.2, 0) is 7.05 Å². The highest BCUT2D eigenvalue weighted by molar-refractivity contribution is 6.05. The van der Waals surface area contributed by atoms with Gasteiger partial charge in [0.2, 0.25) is 0 Å². The van der Waals surface area contributed by atoms with Gasteiger partial charge in [-0.05, 0) is 18.2 Å². The van der Waals surface area contributed by atoms with E-state index >= 15 is 0 Å². The van der Waals surface area contributed by atoms with Crippen molar-refractivity contribution in [3.63, 3.8) is 0 Å². The number of hydrogen-bond acceptors (Lipinski definition) is 6. The van der Waals surface area contributed by atoms with Gasteiger partial charge in [-0.15, -0.1) is 0 Å². The van der Waals surface area contributed by atoms with Gasteiger partial charge in [0.1, 0.15) is 5.65 Å². The molecule has 3 aromatic rings. The Morgan fingerprint density at radius 2 is 1.88 bits per heavy atom. The second-order valence-corrected chi connectivity index (χ2v) is 5.44. The molecule has 0 saturated heterocycles. The van der Waals surface area contributed by atoms with Crippen LogP contribution in [0.5, 0.6) is 11.5 Å². The predicted molar refractivity (Wildman–Crippen MR) is 95.1 cm³/mol. The van der Waals surface area contributed by atoms with Gasteiger partial charge in [0, 0.05) is 25.0 Å². The van der Waals surface area contributed by atoms with Crippen LogP contribution >= 0.6 is 0 Å². The van der Waals surface area contributed by atoms with Gasteiger partial charge >= 0.3 is 5.69 Å². The third-order valence-electron chi connectivity index (χ3n) is 3.86. The van der Waals surface area contributed by atoms with E-state index < -0.39 is 17.2 Å². The Morgan fingerprint density at radius 3 is 2.58 bits per heavy atom. The number of amides is 1. The summed E-state index contributed by atoms with van der Waals surface area (Å²) in [5.41, 5.74) is -0.311. The summed E-state index contributed by atoms with van der Waals surface area (Å²) in [5, 5.41) is 2.84. The molecular formula is C17H16N4O5. The lowest BCUT2D eigenvalue weighted by molar-refractivity contribution is 0.102. The second kappa shape index (κ2) is 6.71. The van der Waals surface area contributed by atoms with Crippen molar-refractivity contribution in [2.75, 3.05) is 19.5 Å². The topological polar surface area (TPSA) is 115 Å². The molecule has 0 bridgehead atoms. The Balaban J connectivity index is 1.96. The molecule has 0 saturated carbocycles. The number of carbonyl (C=O) groups excluding carboxylic acids is 1. The van der Waals surface area contributed by atoms with Crippen molar-refractivity contribution in [3.05, 3.63) is 56.9 Å². The number of nitrogens with one attached hydrogen (secondary N) is 2. The van der Waals surface area contributed by atoms with Crippen molar-refractivity contribution in [2.24, 2.45) is 7.05 Å². The molecule has 9 heteroatoms. The molecule has 1 aromatic carbocycles. The van der Waals surface area contributed by atoms with Gasteiger partial charge < -0.3 is 14.8 Å². The van der Waals surface area contributed by atoms with Crippen LogP contribution in [0.2, 0.25) is 0 Å². The molecule has 0 radical (unpaired) electrons. The number of rotatable bonds is 4. The predicted octanol–water partition coefficient (Wildman–Crippen LogP) is 0.891. The first-order valence-electron chi connectivity index (χ1n) is 7.57. The van der Waals surface area contributed by atoms with Crippen molar-refractivity contribution in [1.82, 2.24) is 14.5 Å². The number of benzene rings is 1. The van der Waals surface area contributed by atoms with Gasteiger partial charge in [-0.3, -0.25) is 19.1 Å². The molecule has 0 aliphatic carbocycles. The molecule has 0 aliphatic heterocycles. The van der Waals surface area contributed by atoms with Crippen LogP contribution < -0.4 is 26.0 Å². The van der Waals surface area contributed by atoms with Crippen molar-refractivity contribution in [3.8, 4) is 11.5 Å². The molecule has 9 nitrogen and oxygen atoms in total. The zero-order valence-electron chi connectivity index (χ0n) is 14.3. The Kier molecular flexibility index (Phi) is 4.44. The zero-order valence-corrected chi connectivity index (χ0v) is 14.3. The molecule has 2 aromatic heterocycles. The first-order valence-corrected chi connectivity index (χ1v) is 7.57. The summed E-state index contributed by atoms with van der Waals surface area (Å²) in [7, 11) is 4.49. The maximum atomic E-state index is 12.5. The first kappa shape index (κ1) is 17.2. The molecule has 3 rings (SSSR count). The van der Waals surface area contributed by atoms with Gasteiger partial charge in [-0.2, -0.15) is 0 Å². The van der Waals surface area contributed by atoms with E-state index in [1.54, 1.807) is 18.2 Å². The van der Waals surface area contributed by atoms with Crippen molar-refractivity contribution >= 4 is 22.6 Å². The number of H-pyrrole nitrogens is 1. The van der Waals surface area contributed by atoms with Crippen molar-refractivity contribution in [1.29, 1.82) is 0 Å². The SMILES string of the molecule is COc1ccc(NC(=O)c2cnc3c(c2)c(=O)[nH]c(=O)n3C)cc1OC. The number of aromatic amines is 1. The number of aryl methyl sites for hydroxylation is 1. The molecule has 134 valence electrons. The number of hydrogen-bond donors (Lipinski definition) is 2. The lowest BCUT2D eigenvalue weighted by Crippen LogP contribution is -2.29. The summed E-state index contributed by atoms with van der Waals surface area (Å²) in [4.78, 5) is 42.3. The molecule has 26 heavy (non-hydrogen) atoms. The highest BCUT2D eigenvalue weighted by atomic mass is 16.5. The molecule has 0 atom stereocenters. The van der Waals surface area contributed by atoms with Gasteiger partial charge in [0.05, 0.1) is 25.2 Å². The monoisotopic (exact) mass is 356 g/mol. The highest BCUT2D eigenvalue weighted by Crippen LogP contribution is 2.29. The number of aromatic nitrogens is 3. The number of ether oxygens (including phenoxy) is 2. The first-order chi connectivity index (χ1) is 12.4. The fourth-order valence-corrected chi connectivity index (χ4v) is 2.48. The van der Waals surface area contributed by atoms with E-state index in [-0.39, 0.29) is 16.6 Å². The Bertz CT molecular complexity index is 1120. The van der Waals surface area contributed by atoms with Crippen LogP contribution in [0.25, 0.3) is 11.0 Å². The summed E-state index contributed by atoms with van der Waals surface area (Å²) in [6.45, 7) is 0. The second-order valence-electron chi connectivity index (χ2n) is 5.44. The molecule has 1 amide bonds. The fraction of sp³-hybridized carbons (Fsp3) is 0.176. The molecule has 0 spiro atoms. The van der Waals surface area contributed by atoms with E-state index in [2.05, 4.69) is 15.3 Å². The third-order valence-corrected chi connectivity index (χ3v) is 3.86. The molecule has 2 heterocycles. The third kappa shape index (κ3) is 3.02. The van der Waals surface area contributed by atoms with E-state index in [9.17, 15) is 14.4 Å². The number of fused-ring (bicyclic) bond motifs is 1. The number of nitrogens with zero attached hydrogens (tertiary/aromatic N) is 2. The lowest BCUT2D eigenvalue weighted by Gasteiger charge is -2.11. The maximum absolute atomic E-state index is 12.5. The molecule has 2 N–H and O–H groups in total. The van der Waals surface area contributed by atoms with Crippen molar-refractivity contribution in [2.45, 2.75) is 0 Å².